The summed E-state index contributed by atoms with van der Waals surface area (Å²) in [7, 11) is 0. The fourth-order valence-electron chi connectivity index (χ4n) is 1.64. The number of aromatic nitrogens is 2. The van der Waals surface area contributed by atoms with E-state index in [1.807, 2.05) is 29.7 Å². The van der Waals surface area contributed by atoms with Gasteiger partial charge in [-0.1, -0.05) is 29.5 Å². The summed E-state index contributed by atoms with van der Waals surface area (Å²) in [6.45, 7) is 0. The average molecular weight is 230 g/mol. The molecule has 0 spiro atoms. The molecule has 0 N–H and O–H groups in total. The third kappa shape index (κ3) is 1.72. The summed E-state index contributed by atoms with van der Waals surface area (Å²) in [5.41, 5.74) is 1.15. The van der Waals surface area contributed by atoms with E-state index in [-0.39, 0.29) is 0 Å². The van der Waals surface area contributed by atoms with Gasteiger partial charge in [0.2, 0.25) is 0 Å². The largest absolute Gasteiger partial charge is 0.333 e. The molecule has 0 aliphatic heterocycles. The SMILES string of the molecule is C1=CCCC(c2noc(-c3cccs3)n2)=C1. The van der Waals surface area contributed by atoms with E-state index in [1.165, 1.54) is 0 Å². The van der Waals surface area contributed by atoms with Crippen LogP contribution in [-0.4, -0.2) is 10.1 Å². The van der Waals surface area contributed by atoms with Crippen LogP contribution >= 0.6 is 11.3 Å². The molecule has 0 amide bonds. The minimum absolute atomic E-state index is 0.612. The summed E-state index contributed by atoms with van der Waals surface area (Å²) >= 11 is 1.61. The summed E-state index contributed by atoms with van der Waals surface area (Å²) in [6, 6.07) is 3.96. The Morgan fingerprint density at radius 3 is 3.12 bits per heavy atom. The molecule has 3 rings (SSSR count). The van der Waals surface area contributed by atoms with Gasteiger partial charge in [-0.05, 0) is 24.3 Å². The molecule has 1 aliphatic carbocycles. The highest BCUT2D eigenvalue weighted by atomic mass is 32.1. The van der Waals surface area contributed by atoms with E-state index < -0.39 is 0 Å². The van der Waals surface area contributed by atoms with Gasteiger partial charge in [-0.3, -0.25) is 0 Å². The molecule has 1 aliphatic rings. The van der Waals surface area contributed by atoms with E-state index >= 15 is 0 Å². The Hall–Kier alpha value is -1.68. The molecule has 0 radical (unpaired) electrons. The Morgan fingerprint density at radius 1 is 1.38 bits per heavy atom. The lowest BCUT2D eigenvalue weighted by atomic mass is 10.1. The van der Waals surface area contributed by atoms with E-state index in [2.05, 4.69) is 16.2 Å². The van der Waals surface area contributed by atoms with Gasteiger partial charge in [0.05, 0.1) is 4.88 Å². The molecule has 0 bridgehead atoms. The number of hydrogen-bond donors (Lipinski definition) is 0. The molecule has 0 aromatic carbocycles. The summed E-state index contributed by atoms with van der Waals surface area (Å²) in [6.07, 6.45) is 8.27. The second kappa shape index (κ2) is 4.06. The van der Waals surface area contributed by atoms with Gasteiger partial charge in [0.25, 0.3) is 5.89 Å². The van der Waals surface area contributed by atoms with Gasteiger partial charge < -0.3 is 4.52 Å². The smallest absolute Gasteiger partial charge is 0.268 e. The number of rotatable bonds is 2. The lowest BCUT2D eigenvalue weighted by molar-refractivity contribution is 0.429. The van der Waals surface area contributed by atoms with Crippen LogP contribution in [0.2, 0.25) is 0 Å². The van der Waals surface area contributed by atoms with Gasteiger partial charge in [-0.15, -0.1) is 11.3 Å². The third-order valence-electron chi connectivity index (χ3n) is 2.46. The lowest BCUT2D eigenvalue weighted by Gasteiger charge is -2.02. The van der Waals surface area contributed by atoms with Crippen molar-refractivity contribution < 1.29 is 4.52 Å². The van der Waals surface area contributed by atoms with E-state index in [4.69, 9.17) is 4.52 Å². The molecule has 2 aromatic heterocycles. The fourth-order valence-corrected chi connectivity index (χ4v) is 2.29. The highest BCUT2D eigenvalue weighted by Gasteiger charge is 2.13. The van der Waals surface area contributed by atoms with Crippen LogP contribution in [0.3, 0.4) is 0 Å². The zero-order valence-corrected chi connectivity index (χ0v) is 9.41. The zero-order valence-electron chi connectivity index (χ0n) is 8.59. The zero-order chi connectivity index (χ0) is 10.8. The molecule has 0 saturated carbocycles. The van der Waals surface area contributed by atoms with Crippen molar-refractivity contribution in [2.45, 2.75) is 12.8 Å². The molecule has 80 valence electrons. The maximum absolute atomic E-state index is 5.25. The Bertz CT molecular complexity index is 537. The monoisotopic (exact) mass is 230 g/mol. The normalized spacial score (nSPS) is 15.1. The van der Waals surface area contributed by atoms with Crippen molar-refractivity contribution in [3.8, 4) is 10.8 Å². The van der Waals surface area contributed by atoms with Crippen molar-refractivity contribution in [3.05, 3.63) is 41.6 Å². The minimum atomic E-state index is 0.612. The topological polar surface area (TPSA) is 38.9 Å². The molecule has 0 saturated heterocycles. The highest BCUT2D eigenvalue weighted by Crippen LogP contribution is 2.26. The summed E-state index contributed by atoms with van der Waals surface area (Å²) in [4.78, 5) is 5.43. The minimum Gasteiger partial charge on any atom is -0.333 e. The van der Waals surface area contributed by atoms with E-state index in [9.17, 15) is 0 Å². The van der Waals surface area contributed by atoms with Crippen molar-refractivity contribution in [1.82, 2.24) is 10.1 Å². The highest BCUT2D eigenvalue weighted by molar-refractivity contribution is 7.13. The average Bonchev–Trinajstić information content (AvgIpc) is 3.01. The number of nitrogens with zero attached hydrogens (tertiary/aromatic N) is 2. The van der Waals surface area contributed by atoms with Crippen LogP contribution in [0.1, 0.15) is 18.7 Å². The second-order valence-electron chi connectivity index (χ2n) is 3.56. The Balaban J connectivity index is 1.93. The van der Waals surface area contributed by atoms with Gasteiger partial charge >= 0.3 is 0 Å². The lowest BCUT2D eigenvalue weighted by Crippen LogP contribution is -1.90. The molecule has 2 aromatic rings. The predicted octanol–water partition coefficient (Wildman–Crippen LogP) is 3.53. The van der Waals surface area contributed by atoms with Gasteiger partial charge in [0.1, 0.15) is 0 Å². The van der Waals surface area contributed by atoms with Crippen LogP contribution in [0.5, 0.6) is 0 Å². The van der Waals surface area contributed by atoms with Crippen LogP contribution in [-0.2, 0) is 0 Å². The molecule has 16 heavy (non-hydrogen) atoms. The van der Waals surface area contributed by atoms with Crippen LogP contribution in [0.25, 0.3) is 16.3 Å². The van der Waals surface area contributed by atoms with Gasteiger partial charge in [-0.2, -0.15) is 4.98 Å². The van der Waals surface area contributed by atoms with Crippen molar-refractivity contribution in [2.75, 3.05) is 0 Å². The van der Waals surface area contributed by atoms with Gasteiger partial charge in [0.15, 0.2) is 5.82 Å². The van der Waals surface area contributed by atoms with E-state index in [0.717, 1.165) is 23.3 Å². The third-order valence-corrected chi connectivity index (χ3v) is 3.32. The maximum Gasteiger partial charge on any atom is 0.268 e. The Labute approximate surface area is 97.1 Å². The van der Waals surface area contributed by atoms with Crippen LogP contribution < -0.4 is 0 Å². The van der Waals surface area contributed by atoms with Crippen molar-refractivity contribution in [1.29, 1.82) is 0 Å². The van der Waals surface area contributed by atoms with E-state index in [1.54, 1.807) is 11.3 Å². The first-order valence-electron chi connectivity index (χ1n) is 5.17. The summed E-state index contributed by atoms with van der Waals surface area (Å²) < 4.78 is 5.25. The number of allylic oxidation sites excluding steroid dienone is 4. The van der Waals surface area contributed by atoms with E-state index in [0.29, 0.717) is 11.7 Å². The van der Waals surface area contributed by atoms with Crippen molar-refractivity contribution in [2.24, 2.45) is 0 Å². The Morgan fingerprint density at radius 2 is 2.38 bits per heavy atom. The first-order valence-corrected chi connectivity index (χ1v) is 6.05. The molecule has 2 heterocycles. The number of thiophene rings is 1. The van der Waals surface area contributed by atoms with Crippen molar-refractivity contribution in [3.63, 3.8) is 0 Å². The van der Waals surface area contributed by atoms with Gasteiger partial charge in [0, 0.05) is 5.57 Å². The van der Waals surface area contributed by atoms with Crippen molar-refractivity contribution >= 4 is 16.9 Å². The van der Waals surface area contributed by atoms with Crippen LogP contribution in [0.15, 0.2) is 40.3 Å². The molecule has 0 unspecified atom stereocenters. The van der Waals surface area contributed by atoms with Crippen LogP contribution in [0.4, 0.5) is 0 Å². The molecule has 3 nitrogen and oxygen atoms in total. The van der Waals surface area contributed by atoms with Gasteiger partial charge in [-0.25, -0.2) is 0 Å². The Kier molecular flexibility index (Phi) is 2.42. The van der Waals surface area contributed by atoms with Crippen LogP contribution in [0, 0.1) is 0 Å². The quantitative estimate of drug-likeness (QED) is 0.792. The second-order valence-corrected chi connectivity index (χ2v) is 4.51. The molecule has 0 atom stereocenters. The molecular weight excluding hydrogens is 220 g/mol. The summed E-state index contributed by atoms with van der Waals surface area (Å²) in [5, 5.41) is 6.02. The molecule has 4 heteroatoms. The predicted molar refractivity (Wildman–Crippen MR) is 64.0 cm³/mol. The first kappa shape index (κ1) is 9.54. The molecule has 0 fully saturated rings. The number of hydrogen-bond acceptors (Lipinski definition) is 4. The maximum atomic E-state index is 5.25. The standard InChI is InChI=1S/C12H10N2OS/c1-2-5-9(6-3-1)11-13-12(15-14-11)10-7-4-8-16-10/h1-2,4-5,7-8H,3,6H2. The molecular formula is C12H10N2OS. The first-order chi connectivity index (χ1) is 7.93. The fraction of sp³-hybridized carbons (Fsp3) is 0.167. The summed E-state index contributed by atoms with van der Waals surface area (Å²) in [5.74, 6) is 1.33.